The first-order valence-corrected chi connectivity index (χ1v) is 5.19. The Morgan fingerprint density at radius 1 is 1.47 bits per heavy atom. The van der Waals surface area contributed by atoms with Crippen molar-refractivity contribution in [1.29, 1.82) is 0 Å². The highest BCUT2D eigenvalue weighted by Gasteiger charge is 2.09. The molecule has 0 N–H and O–H groups in total. The highest BCUT2D eigenvalue weighted by atomic mass is 16.5. The zero-order chi connectivity index (χ0) is 10.3. The van der Waals surface area contributed by atoms with E-state index in [1.807, 2.05) is 0 Å². The van der Waals surface area contributed by atoms with Crippen LogP contribution in [0.2, 0.25) is 0 Å². The van der Waals surface area contributed by atoms with Gasteiger partial charge in [-0.2, -0.15) is 0 Å². The predicted molar refractivity (Wildman–Crippen MR) is 55.8 cm³/mol. The van der Waals surface area contributed by atoms with Crippen molar-refractivity contribution in [2.24, 2.45) is 0 Å². The van der Waals surface area contributed by atoms with Crippen LogP contribution in [0.25, 0.3) is 0 Å². The van der Waals surface area contributed by atoms with Crippen LogP contribution in [0.15, 0.2) is 18.5 Å². The van der Waals surface area contributed by atoms with Crippen molar-refractivity contribution >= 4 is 0 Å². The topological polar surface area (TPSA) is 34.6 Å². The van der Waals surface area contributed by atoms with E-state index in [1.54, 1.807) is 18.5 Å². The molecule has 2 heterocycles. The Hall–Kier alpha value is -1.13. The molecule has 0 unspecified atom stereocenters. The van der Waals surface area contributed by atoms with Gasteiger partial charge in [0.2, 0.25) is 0 Å². The molecular weight excluding hydrogens is 192 g/mol. The van der Waals surface area contributed by atoms with Crippen LogP contribution in [0, 0.1) is 6.07 Å². The molecule has 1 fully saturated rings. The van der Waals surface area contributed by atoms with Crippen molar-refractivity contribution in [1.82, 2.24) is 9.88 Å². The summed E-state index contributed by atoms with van der Waals surface area (Å²) >= 11 is 0. The summed E-state index contributed by atoms with van der Waals surface area (Å²) in [5, 5.41) is 0. The molecule has 1 aliphatic rings. The molecule has 4 heteroatoms. The van der Waals surface area contributed by atoms with Gasteiger partial charge in [-0.25, -0.2) is 0 Å². The van der Waals surface area contributed by atoms with E-state index in [0.717, 1.165) is 38.6 Å². The molecule has 0 bridgehead atoms. The van der Waals surface area contributed by atoms with Crippen LogP contribution >= 0.6 is 0 Å². The summed E-state index contributed by atoms with van der Waals surface area (Å²) < 4.78 is 10.8. The third-order valence-electron chi connectivity index (χ3n) is 2.36. The fourth-order valence-electron chi connectivity index (χ4n) is 1.51. The van der Waals surface area contributed by atoms with Crippen molar-refractivity contribution in [2.75, 3.05) is 39.5 Å². The maximum absolute atomic E-state index is 5.53. The average Bonchev–Trinajstić information content (AvgIpc) is 2.32. The first kappa shape index (κ1) is 10.4. The number of morpholine rings is 1. The van der Waals surface area contributed by atoms with Gasteiger partial charge in [-0.15, -0.1) is 0 Å². The minimum absolute atomic E-state index is 0.694. The number of ether oxygens (including phenoxy) is 2. The fraction of sp³-hybridized carbons (Fsp3) is 0.545. The molecule has 0 spiro atoms. The Labute approximate surface area is 89.8 Å². The number of hydrogen-bond acceptors (Lipinski definition) is 4. The first-order valence-electron chi connectivity index (χ1n) is 5.19. The van der Waals surface area contributed by atoms with Gasteiger partial charge in [0.15, 0.2) is 0 Å². The second kappa shape index (κ2) is 5.68. The maximum Gasteiger partial charge on any atom is 0.138 e. The maximum atomic E-state index is 5.53. The Balaban J connectivity index is 1.66. The van der Waals surface area contributed by atoms with E-state index < -0.39 is 0 Å². The number of pyridine rings is 1. The lowest BCUT2D eigenvalue weighted by molar-refractivity contribution is 0.0322. The predicted octanol–water partition coefficient (Wildman–Crippen LogP) is 0.593. The first-order chi connectivity index (χ1) is 7.45. The van der Waals surface area contributed by atoms with Gasteiger partial charge in [0, 0.05) is 31.9 Å². The summed E-state index contributed by atoms with van der Waals surface area (Å²) in [5.41, 5.74) is 0. The summed E-state index contributed by atoms with van der Waals surface area (Å²) in [6.45, 7) is 5.31. The van der Waals surface area contributed by atoms with Gasteiger partial charge in [-0.3, -0.25) is 9.88 Å². The van der Waals surface area contributed by atoms with Gasteiger partial charge in [-0.05, 0) is 6.07 Å². The zero-order valence-electron chi connectivity index (χ0n) is 8.69. The van der Waals surface area contributed by atoms with Gasteiger partial charge < -0.3 is 9.47 Å². The molecule has 1 aliphatic heterocycles. The van der Waals surface area contributed by atoms with Crippen molar-refractivity contribution in [3.05, 3.63) is 24.5 Å². The summed E-state index contributed by atoms with van der Waals surface area (Å²) in [5.74, 6) is 0.783. The third-order valence-corrected chi connectivity index (χ3v) is 2.36. The highest BCUT2D eigenvalue weighted by molar-refractivity contribution is 5.14. The summed E-state index contributed by atoms with van der Waals surface area (Å²) in [6.07, 6.45) is 3.32. The SMILES string of the molecule is [c]1cncc(OCCN2CCOCC2)c1. The van der Waals surface area contributed by atoms with E-state index >= 15 is 0 Å². The quantitative estimate of drug-likeness (QED) is 0.724. The van der Waals surface area contributed by atoms with E-state index in [1.165, 1.54) is 0 Å². The fourth-order valence-corrected chi connectivity index (χ4v) is 1.51. The minimum atomic E-state index is 0.694. The van der Waals surface area contributed by atoms with E-state index in [-0.39, 0.29) is 0 Å². The van der Waals surface area contributed by atoms with E-state index in [9.17, 15) is 0 Å². The Kier molecular flexibility index (Phi) is 3.93. The van der Waals surface area contributed by atoms with Crippen LogP contribution in [-0.4, -0.2) is 49.3 Å². The normalized spacial score (nSPS) is 17.6. The highest BCUT2D eigenvalue weighted by Crippen LogP contribution is 2.05. The summed E-state index contributed by atoms with van der Waals surface area (Å²) in [7, 11) is 0. The lowest BCUT2D eigenvalue weighted by Crippen LogP contribution is -2.38. The van der Waals surface area contributed by atoms with Gasteiger partial charge in [0.25, 0.3) is 0 Å². The van der Waals surface area contributed by atoms with Crippen molar-refractivity contribution in [3.63, 3.8) is 0 Å². The Morgan fingerprint density at radius 2 is 2.33 bits per heavy atom. The van der Waals surface area contributed by atoms with Crippen LogP contribution in [0.1, 0.15) is 0 Å². The molecule has 4 nitrogen and oxygen atoms in total. The number of hydrogen-bond donors (Lipinski definition) is 0. The largest absolute Gasteiger partial charge is 0.491 e. The second-order valence-corrected chi connectivity index (χ2v) is 3.42. The molecule has 0 atom stereocenters. The standard InChI is InChI=1S/C11H15N2O2/c1-2-11(10-12-3-1)15-9-6-13-4-7-14-8-5-13/h2-3,10H,4-9H2. The smallest absolute Gasteiger partial charge is 0.138 e. The van der Waals surface area contributed by atoms with E-state index in [4.69, 9.17) is 9.47 Å². The molecule has 2 rings (SSSR count). The summed E-state index contributed by atoms with van der Waals surface area (Å²) in [4.78, 5) is 6.27. The lowest BCUT2D eigenvalue weighted by atomic mass is 10.4. The van der Waals surface area contributed by atoms with Crippen LogP contribution in [0.4, 0.5) is 0 Å². The molecule has 81 valence electrons. The van der Waals surface area contributed by atoms with Gasteiger partial charge >= 0.3 is 0 Å². The molecular formula is C11H15N2O2. The minimum Gasteiger partial charge on any atom is -0.491 e. The van der Waals surface area contributed by atoms with Crippen molar-refractivity contribution in [3.8, 4) is 5.75 Å². The van der Waals surface area contributed by atoms with Crippen molar-refractivity contribution < 1.29 is 9.47 Å². The van der Waals surface area contributed by atoms with Gasteiger partial charge in [0.05, 0.1) is 19.4 Å². The zero-order valence-corrected chi connectivity index (χ0v) is 8.69. The average molecular weight is 207 g/mol. The van der Waals surface area contributed by atoms with Crippen LogP contribution in [0.3, 0.4) is 0 Å². The molecule has 1 saturated heterocycles. The Morgan fingerprint density at radius 3 is 3.07 bits per heavy atom. The number of nitrogens with zero attached hydrogens (tertiary/aromatic N) is 2. The van der Waals surface area contributed by atoms with E-state index in [2.05, 4.69) is 16.0 Å². The van der Waals surface area contributed by atoms with Gasteiger partial charge in [0.1, 0.15) is 12.4 Å². The Bertz CT molecular complexity index is 273. The van der Waals surface area contributed by atoms with Crippen LogP contribution in [0.5, 0.6) is 5.75 Å². The number of aromatic nitrogens is 1. The molecule has 0 saturated carbocycles. The van der Waals surface area contributed by atoms with E-state index in [0.29, 0.717) is 6.61 Å². The van der Waals surface area contributed by atoms with Crippen LogP contribution in [-0.2, 0) is 4.74 Å². The monoisotopic (exact) mass is 207 g/mol. The molecule has 15 heavy (non-hydrogen) atoms. The third kappa shape index (κ3) is 3.49. The molecule has 1 radical (unpaired) electrons. The van der Waals surface area contributed by atoms with Crippen LogP contribution < -0.4 is 4.74 Å². The molecule has 1 aromatic rings. The summed E-state index contributed by atoms with van der Waals surface area (Å²) in [6, 6.07) is 4.68. The second-order valence-electron chi connectivity index (χ2n) is 3.42. The molecule has 0 aliphatic carbocycles. The van der Waals surface area contributed by atoms with Gasteiger partial charge in [-0.1, -0.05) is 0 Å². The molecule has 0 amide bonds. The van der Waals surface area contributed by atoms with Crippen molar-refractivity contribution in [2.45, 2.75) is 0 Å². The molecule has 0 aromatic carbocycles. The molecule has 1 aromatic heterocycles. The lowest BCUT2D eigenvalue weighted by Gasteiger charge is -2.26. The number of rotatable bonds is 4.